The summed E-state index contributed by atoms with van der Waals surface area (Å²) in [4.78, 5) is 0.185. The number of nitrogens with two attached hydrogens (primary N) is 1. The van der Waals surface area contributed by atoms with Gasteiger partial charge < -0.3 is 10.1 Å². The summed E-state index contributed by atoms with van der Waals surface area (Å²) in [5.74, 6) is 0.575. The lowest BCUT2D eigenvalue weighted by atomic mass is 10.0. The van der Waals surface area contributed by atoms with E-state index in [1.165, 1.54) is 6.07 Å². The molecular formula is C13H20N2O3S. The lowest BCUT2D eigenvalue weighted by molar-refractivity contribution is 0.0699. The predicted molar refractivity (Wildman–Crippen MR) is 74.6 cm³/mol. The lowest BCUT2D eigenvalue weighted by Crippen LogP contribution is -2.23. The second kappa shape index (κ2) is 5.90. The van der Waals surface area contributed by atoms with Crippen molar-refractivity contribution in [1.29, 1.82) is 0 Å². The molecule has 0 unspecified atom stereocenters. The van der Waals surface area contributed by atoms with Crippen LogP contribution in [0.15, 0.2) is 23.1 Å². The molecule has 0 spiro atoms. The molecule has 3 N–H and O–H groups in total. The van der Waals surface area contributed by atoms with Crippen LogP contribution in [-0.2, 0) is 14.8 Å². The first-order valence-corrected chi connectivity index (χ1v) is 7.97. The Morgan fingerprint density at radius 3 is 2.68 bits per heavy atom. The summed E-state index contributed by atoms with van der Waals surface area (Å²) in [6.07, 6.45) is 2.09. The van der Waals surface area contributed by atoms with Crippen LogP contribution in [0, 0.1) is 12.8 Å². The molecule has 0 bridgehead atoms. The van der Waals surface area contributed by atoms with Crippen molar-refractivity contribution in [2.45, 2.75) is 24.7 Å². The topological polar surface area (TPSA) is 81.4 Å². The zero-order chi connectivity index (χ0) is 13.9. The van der Waals surface area contributed by atoms with Gasteiger partial charge in [-0.15, -0.1) is 0 Å². The molecule has 106 valence electrons. The number of hydrogen-bond acceptors (Lipinski definition) is 4. The Morgan fingerprint density at radius 1 is 1.37 bits per heavy atom. The van der Waals surface area contributed by atoms with Crippen molar-refractivity contribution in [3.63, 3.8) is 0 Å². The average Bonchev–Trinajstić information content (AvgIpc) is 2.37. The quantitative estimate of drug-likeness (QED) is 0.877. The maximum Gasteiger partial charge on any atom is 0.238 e. The van der Waals surface area contributed by atoms with Gasteiger partial charge in [0.1, 0.15) is 0 Å². The third-order valence-corrected chi connectivity index (χ3v) is 4.57. The molecule has 1 aliphatic heterocycles. The van der Waals surface area contributed by atoms with Gasteiger partial charge in [-0.05, 0) is 43.4 Å². The van der Waals surface area contributed by atoms with Crippen molar-refractivity contribution in [2.24, 2.45) is 11.1 Å². The molecule has 6 heteroatoms. The molecule has 0 aromatic heterocycles. The molecule has 1 fully saturated rings. The van der Waals surface area contributed by atoms with E-state index in [1.807, 2.05) is 6.07 Å². The molecule has 0 saturated carbocycles. The summed E-state index contributed by atoms with van der Waals surface area (Å²) >= 11 is 0. The third kappa shape index (κ3) is 3.68. The summed E-state index contributed by atoms with van der Waals surface area (Å²) in [7, 11) is -3.66. The molecule has 19 heavy (non-hydrogen) atoms. The monoisotopic (exact) mass is 284 g/mol. The van der Waals surface area contributed by atoms with Gasteiger partial charge in [0.05, 0.1) is 4.90 Å². The van der Waals surface area contributed by atoms with Gasteiger partial charge in [-0.2, -0.15) is 0 Å². The van der Waals surface area contributed by atoms with E-state index >= 15 is 0 Å². The van der Waals surface area contributed by atoms with Crippen molar-refractivity contribution >= 4 is 15.7 Å². The normalized spacial score (nSPS) is 17.4. The maximum atomic E-state index is 11.4. The average molecular weight is 284 g/mol. The lowest BCUT2D eigenvalue weighted by Gasteiger charge is -2.23. The van der Waals surface area contributed by atoms with Crippen molar-refractivity contribution in [3.8, 4) is 0 Å². The minimum absolute atomic E-state index is 0.185. The van der Waals surface area contributed by atoms with Crippen LogP contribution < -0.4 is 10.5 Å². The first-order chi connectivity index (χ1) is 8.98. The van der Waals surface area contributed by atoms with Crippen LogP contribution in [0.5, 0.6) is 0 Å². The highest BCUT2D eigenvalue weighted by atomic mass is 32.2. The summed E-state index contributed by atoms with van der Waals surface area (Å²) in [5, 5.41) is 8.51. The smallest absolute Gasteiger partial charge is 0.238 e. The molecule has 0 radical (unpaired) electrons. The van der Waals surface area contributed by atoms with E-state index in [1.54, 1.807) is 13.0 Å². The minimum Gasteiger partial charge on any atom is -0.385 e. The first-order valence-electron chi connectivity index (χ1n) is 6.42. The number of hydrogen-bond donors (Lipinski definition) is 2. The minimum atomic E-state index is -3.66. The van der Waals surface area contributed by atoms with Gasteiger partial charge in [-0.25, -0.2) is 13.6 Å². The van der Waals surface area contributed by atoms with Crippen LogP contribution in [0.25, 0.3) is 0 Å². The fourth-order valence-electron chi connectivity index (χ4n) is 2.32. The molecule has 1 aromatic rings. The molecule has 1 aliphatic rings. The predicted octanol–water partition coefficient (Wildman–Crippen LogP) is 1.48. The Hall–Kier alpha value is -1.11. The molecule has 1 aromatic carbocycles. The number of primary sulfonamides is 1. The van der Waals surface area contributed by atoms with Crippen LogP contribution in [0.2, 0.25) is 0 Å². The van der Waals surface area contributed by atoms with Crippen molar-refractivity contribution in [2.75, 3.05) is 25.1 Å². The highest BCUT2D eigenvalue weighted by Gasteiger charge is 2.16. The Balaban J connectivity index is 2.08. The highest BCUT2D eigenvalue weighted by molar-refractivity contribution is 7.89. The van der Waals surface area contributed by atoms with Gasteiger partial charge in [0.25, 0.3) is 0 Å². The van der Waals surface area contributed by atoms with E-state index in [0.717, 1.165) is 38.3 Å². The van der Waals surface area contributed by atoms with Gasteiger partial charge in [0.15, 0.2) is 0 Å². The van der Waals surface area contributed by atoms with E-state index < -0.39 is 10.0 Å². The first kappa shape index (κ1) is 14.3. The number of ether oxygens (including phenoxy) is 1. The van der Waals surface area contributed by atoms with Crippen LogP contribution in [-0.4, -0.2) is 28.2 Å². The van der Waals surface area contributed by atoms with E-state index in [9.17, 15) is 8.42 Å². The standard InChI is InChI=1S/C13H20N2O3S/c1-10-12(3-2-4-13(10)19(14,16)17)15-9-11-5-7-18-8-6-11/h2-4,11,15H,5-9H2,1H3,(H2,14,16,17). The molecule has 1 heterocycles. The molecular weight excluding hydrogens is 264 g/mol. The second-order valence-corrected chi connectivity index (χ2v) is 6.44. The van der Waals surface area contributed by atoms with Crippen LogP contribution in [0.4, 0.5) is 5.69 Å². The van der Waals surface area contributed by atoms with E-state index in [2.05, 4.69) is 5.32 Å². The van der Waals surface area contributed by atoms with Gasteiger partial charge in [0.2, 0.25) is 10.0 Å². The zero-order valence-corrected chi connectivity index (χ0v) is 11.9. The van der Waals surface area contributed by atoms with Crippen LogP contribution >= 0.6 is 0 Å². The van der Waals surface area contributed by atoms with E-state index in [4.69, 9.17) is 9.88 Å². The number of nitrogens with one attached hydrogen (secondary N) is 1. The Bertz CT molecular complexity index is 537. The fourth-order valence-corrected chi connectivity index (χ4v) is 3.12. The molecule has 1 saturated heterocycles. The van der Waals surface area contributed by atoms with Gasteiger partial charge in [-0.3, -0.25) is 0 Å². The summed E-state index contributed by atoms with van der Waals surface area (Å²) < 4.78 is 28.2. The molecule has 0 atom stereocenters. The molecule has 0 aliphatic carbocycles. The summed E-state index contributed by atoms with van der Waals surface area (Å²) in [5.41, 5.74) is 1.51. The Kier molecular flexibility index (Phi) is 4.44. The zero-order valence-electron chi connectivity index (χ0n) is 11.1. The maximum absolute atomic E-state index is 11.4. The molecule has 5 nitrogen and oxygen atoms in total. The van der Waals surface area contributed by atoms with E-state index in [0.29, 0.717) is 11.5 Å². The SMILES string of the molecule is Cc1c(NCC2CCOCC2)cccc1S(N)(=O)=O. The summed E-state index contributed by atoms with van der Waals surface area (Å²) in [6, 6.07) is 5.12. The Labute approximate surface area is 114 Å². The van der Waals surface area contributed by atoms with Gasteiger partial charge in [0, 0.05) is 25.4 Å². The van der Waals surface area contributed by atoms with Gasteiger partial charge in [-0.1, -0.05) is 6.07 Å². The largest absolute Gasteiger partial charge is 0.385 e. The number of sulfonamides is 1. The Morgan fingerprint density at radius 2 is 2.05 bits per heavy atom. The second-order valence-electron chi connectivity index (χ2n) is 4.91. The van der Waals surface area contributed by atoms with Crippen LogP contribution in [0.1, 0.15) is 18.4 Å². The number of rotatable bonds is 4. The van der Waals surface area contributed by atoms with Gasteiger partial charge >= 0.3 is 0 Å². The number of anilines is 1. The molecule has 2 rings (SSSR count). The summed E-state index contributed by atoms with van der Waals surface area (Å²) in [6.45, 7) is 4.22. The van der Waals surface area contributed by atoms with Crippen LogP contribution in [0.3, 0.4) is 0 Å². The van der Waals surface area contributed by atoms with Crippen molar-refractivity contribution in [1.82, 2.24) is 0 Å². The molecule has 0 amide bonds. The highest BCUT2D eigenvalue weighted by Crippen LogP contribution is 2.23. The fraction of sp³-hybridized carbons (Fsp3) is 0.538. The third-order valence-electron chi connectivity index (χ3n) is 3.51. The van der Waals surface area contributed by atoms with E-state index in [-0.39, 0.29) is 4.90 Å². The van der Waals surface area contributed by atoms with Crippen molar-refractivity contribution in [3.05, 3.63) is 23.8 Å². The number of benzene rings is 1. The van der Waals surface area contributed by atoms with Crippen molar-refractivity contribution < 1.29 is 13.2 Å².